The van der Waals surface area contributed by atoms with E-state index in [-0.39, 0.29) is 5.92 Å². The normalized spacial score (nSPS) is 12.6. The molecule has 0 aliphatic carbocycles. The third-order valence-corrected chi connectivity index (χ3v) is 2.84. The summed E-state index contributed by atoms with van der Waals surface area (Å²) < 4.78 is 0. The van der Waals surface area contributed by atoms with Crippen LogP contribution in [0.1, 0.15) is 19.4 Å². The third kappa shape index (κ3) is 4.95. The maximum atomic E-state index is 10.8. The number of carboxylic acid groups (broad SMARTS) is 1. The fourth-order valence-electron chi connectivity index (χ4n) is 1.68. The molecule has 0 aliphatic rings. The molecule has 1 aromatic rings. The first-order chi connectivity index (χ1) is 8.13. The Kier molecular flexibility index (Phi) is 5.63. The quantitative estimate of drug-likeness (QED) is 0.782. The SMILES string of the molecule is CCN(CCc1cccnc1)CC(C)C(=O)O. The Morgan fingerprint density at radius 2 is 2.35 bits per heavy atom. The van der Waals surface area contributed by atoms with Crippen molar-refractivity contribution in [1.29, 1.82) is 0 Å². The highest BCUT2D eigenvalue weighted by molar-refractivity contribution is 5.69. The van der Waals surface area contributed by atoms with E-state index in [1.165, 1.54) is 5.56 Å². The van der Waals surface area contributed by atoms with Gasteiger partial charge in [-0.15, -0.1) is 0 Å². The lowest BCUT2D eigenvalue weighted by atomic mass is 10.1. The van der Waals surface area contributed by atoms with Crippen molar-refractivity contribution in [3.63, 3.8) is 0 Å². The maximum Gasteiger partial charge on any atom is 0.307 e. The molecule has 17 heavy (non-hydrogen) atoms. The van der Waals surface area contributed by atoms with E-state index >= 15 is 0 Å². The zero-order valence-corrected chi connectivity index (χ0v) is 10.5. The number of aliphatic carboxylic acids is 1. The van der Waals surface area contributed by atoms with Gasteiger partial charge in [0, 0.05) is 25.5 Å². The Labute approximate surface area is 102 Å². The summed E-state index contributed by atoms with van der Waals surface area (Å²) in [5.74, 6) is -1.05. The number of carboxylic acids is 1. The molecular weight excluding hydrogens is 216 g/mol. The van der Waals surface area contributed by atoms with Crippen LogP contribution in [0.25, 0.3) is 0 Å². The molecule has 1 rings (SSSR count). The molecule has 0 saturated carbocycles. The van der Waals surface area contributed by atoms with Crippen LogP contribution < -0.4 is 0 Å². The van der Waals surface area contributed by atoms with Gasteiger partial charge in [0.2, 0.25) is 0 Å². The zero-order valence-electron chi connectivity index (χ0n) is 10.5. The van der Waals surface area contributed by atoms with Crippen LogP contribution in [-0.2, 0) is 11.2 Å². The lowest BCUT2D eigenvalue weighted by molar-refractivity contribution is -0.141. The molecule has 0 aliphatic heterocycles. The second-order valence-corrected chi connectivity index (χ2v) is 4.24. The predicted molar refractivity (Wildman–Crippen MR) is 66.9 cm³/mol. The van der Waals surface area contributed by atoms with Crippen LogP contribution in [0, 0.1) is 5.92 Å². The second kappa shape index (κ2) is 7.01. The van der Waals surface area contributed by atoms with Gasteiger partial charge in [-0.3, -0.25) is 9.78 Å². The summed E-state index contributed by atoms with van der Waals surface area (Å²) in [6, 6.07) is 3.97. The van der Waals surface area contributed by atoms with Crippen molar-refractivity contribution in [2.45, 2.75) is 20.3 Å². The number of carbonyl (C=O) groups is 1. The molecule has 0 spiro atoms. The summed E-state index contributed by atoms with van der Waals surface area (Å²) in [5, 5.41) is 8.87. The van der Waals surface area contributed by atoms with Gasteiger partial charge < -0.3 is 10.0 Å². The van der Waals surface area contributed by atoms with Gasteiger partial charge in [-0.05, 0) is 24.6 Å². The van der Waals surface area contributed by atoms with Crippen LogP contribution in [0.5, 0.6) is 0 Å². The molecule has 0 fully saturated rings. The van der Waals surface area contributed by atoms with E-state index in [2.05, 4.69) is 16.8 Å². The van der Waals surface area contributed by atoms with Crippen molar-refractivity contribution in [1.82, 2.24) is 9.88 Å². The Bertz CT molecular complexity index is 341. The molecule has 1 heterocycles. The Morgan fingerprint density at radius 1 is 1.59 bits per heavy atom. The first kappa shape index (κ1) is 13.6. The third-order valence-electron chi connectivity index (χ3n) is 2.84. The molecule has 1 aromatic heterocycles. The average Bonchev–Trinajstić information content (AvgIpc) is 2.35. The number of likely N-dealkylation sites (N-methyl/N-ethyl adjacent to an activating group) is 1. The molecule has 0 amide bonds. The summed E-state index contributed by atoms with van der Waals surface area (Å²) in [6.45, 7) is 6.15. The van der Waals surface area contributed by atoms with Crippen LogP contribution in [0.15, 0.2) is 24.5 Å². The summed E-state index contributed by atoms with van der Waals surface area (Å²) in [6.07, 6.45) is 4.52. The van der Waals surface area contributed by atoms with E-state index in [4.69, 9.17) is 5.11 Å². The molecule has 0 saturated heterocycles. The van der Waals surface area contributed by atoms with Crippen LogP contribution >= 0.6 is 0 Å². The standard InChI is InChI=1S/C13H20N2O2/c1-3-15(10-11(2)13(16)17)8-6-12-5-4-7-14-9-12/h4-5,7,9,11H,3,6,8,10H2,1-2H3,(H,16,17). The van der Waals surface area contributed by atoms with Crippen molar-refractivity contribution < 1.29 is 9.90 Å². The Hall–Kier alpha value is -1.42. The molecule has 4 nitrogen and oxygen atoms in total. The first-order valence-electron chi connectivity index (χ1n) is 5.97. The second-order valence-electron chi connectivity index (χ2n) is 4.24. The van der Waals surface area contributed by atoms with Gasteiger partial charge in [-0.25, -0.2) is 0 Å². The number of hydrogen-bond donors (Lipinski definition) is 1. The van der Waals surface area contributed by atoms with Gasteiger partial charge in [0.15, 0.2) is 0 Å². The van der Waals surface area contributed by atoms with Gasteiger partial charge in [0.05, 0.1) is 5.92 Å². The highest BCUT2D eigenvalue weighted by Crippen LogP contribution is 2.03. The summed E-state index contributed by atoms with van der Waals surface area (Å²) >= 11 is 0. The van der Waals surface area contributed by atoms with Crippen molar-refractivity contribution in [2.24, 2.45) is 5.92 Å². The van der Waals surface area contributed by atoms with E-state index in [0.717, 1.165) is 19.5 Å². The first-order valence-corrected chi connectivity index (χ1v) is 5.97. The minimum absolute atomic E-state index is 0.316. The Morgan fingerprint density at radius 3 is 2.88 bits per heavy atom. The van der Waals surface area contributed by atoms with Crippen LogP contribution in [0.4, 0.5) is 0 Å². The lowest BCUT2D eigenvalue weighted by Crippen LogP contribution is -2.33. The van der Waals surface area contributed by atoms with Gasteiger partial charge in [-0.2, -0.15) is 0 Å². The minimum atomic E-state index is -0.732. The largest absolute Gasteiger partial charge is 0.481 e. The zero-order chi connectivity index (χ0) is 12.7. The van der Waals surface area contributed by atoms with E-state index in [9.17, 15) is 4.79 Å². The van der Waals surface area contributed by atoms with Gasteiger partial charge in [-0.1, -0.05) is 19.9 Å². The van der Waals surface area contributed by atoms with Crippen molar-refractivity contribution in [3.8, 4) is 0 Å². The fraction of sp³-hybridized carbons (Fsp3) is 0.538. The number of nitrogens with zero attached hydrogens (tertiary/aromatic N) is 2. The van der Waals surface area contributed by atoms with E-state index in [1.54, 1.807) is 13.1 Å². The van der Waals surface area contributed by atoms with Gasteiger partial charge in [0.1, 0.15) is 0 Å². The fourth-order valence-corrected chi connectivity index (χ4v) is 1.68. The van der Waals surface area contributed by atoms with Crippen molar-refractivity contribution in [2.75, 3.05) is 19.6 Å². The average molecular weight is 236 g/mol. The van der Waals surface area contributed by atoms with Gasteiger partial charge in [0.25, 0.3) is 0 Å². The molecule has 0 radical (unpaired) electrons. The summed E-state index contributed by atoms with van der Waals surface area (Å²) in [4.78, 5) is 17.0. The Balaban J connectivity index is 2.40. The maximum absolute atomic E-state index is 10.8. The number of hydrogen-bond acceptors (Lipinski definition) is 3. The van der Waals surface area contributed by atoms with Crippen LogP contribution in [0.2, 0.25) is 0 Å². The number of rotatable bonds is 7. The molecule has 1 atom stereocenters. The molecule has 4 heteroatoms. The highest BCUT2D eigenvalue weighted by Gasteiger charge is 2.14. The molecule has 0 aromatic carbocycles. The smallest absolute Gasteiger partial charge is 0.307 e. The van der Waals surface area contributed by atoms with E-state index in [1.807, 2.05) is 18.3 Å². The topological polar surface area (TPSA) is 53.4 Å². The van der Waals surface area contributed by atoms with Crippen LogP contribution in [0.3, 0.4) is 0 Å². The number of pyridine rings is 1. The monoisotopic (exact) mass is 236 g/mol. The molecule has 1 N–H and O–H groups in total. The highest BCUT2D eigenvalue weighted by atomic mass is 16.4. The van der Waals surface area contributed by atoms with Gasteiger partial charge >= 0.3 is 5.97 Å². The molecule has 94 valence electrons. The summed E-state index contributed by atoms with van der Waals surface area (Å²) in [7, 11) is 0. The molecule has 1 unspecified atom stereocenters. The molecular formula is C13H20N2O2. The molecule has 0 bridgehead atoms. The number of aromatic nitrogens is 1. The van der Waals surface area contributed by atoms with E-state index < -0.39 is 5.97 Å². The predicted octanol–water partition coefficient (Wildman–Crippen LogP) is 1.67. The lowest BCUT2D eigenvalue weighted by Gasteiger charge is -2.22. The summed E-state index contributed by atoms with van der Waals surface area (Å²) in [5.41, 5.74) is 1.19. The van der Waals surface area contributed by atoms with E-state index in [0.29, 0.717) is 6.54 Å². The van der Waals surface area contributed by atoms with Crippen molar-refractivity contribution in [3.05, 3.63) is 30.1 Å². The minimum Gasteiger partial charge on any atom is -0.481 e. The van der Waals surface area contributed by atoms with Crippen LogP contribution in [-0.4, -0.2) is 40.6 Å². The van der Waals surface area contributed by atoms with Crippen molar-refractivity contribution >= 4 is 5.97 Å².